The third-order valence-corrected chi connectivity index (χ3v) is 4.83. The number of aryl methyl sites for hydroxylation is 1. The first-order valence-electron chi connectivity index (χ1n) is 8.62. The summed E-state index contributed by atoms with van der Waals surface area (Å²) in [4.78, 5) is 11.1. The van der Waals surface area contributed by atoms with Gasteiger partial charge in [-0.25, -0.2) is 9.37 Å². The molecule has 1 atom stereocenters. The summed E-state index contributed by atoms with van der Waals surface area (Å²) in [7, 11) is 0. The van der Waals surface area contributed by atoms with E-state index in [2.05, 4.69) is 26.4 Å². The van der Waals surface area contributed by atoms with E-state index in [4.69, 9.17) is 0 Å². The van der Waals surface area contributed by atoms with Gasteiger partial charge in [0, 0.05) is 55.5 Å². The van der Waals surface area contributed by atoms with Crippen LogP contribution in [0.5, 0.6) is 0 Å². The van der Waals surface area contributed by atoms with Gasteiger partial charge in [0.2, 0.25) is 0 Å². The highest BCUT2D eigenvalue weighted by Crippen LogP contribution is 2.30. The first kappa shape index (κ1) is 16.0. The highest BCUT2D eigenvalue weighted by atomic mass is 19.1. The topological polar surface area (TPSA) is 34.0 Å². The Labute approximate surface area is 147 Å². The quantitative estimate of drug-likeness (QED) is 0.726. The summed E-state index contributed by atoms with van der Waals surface area (Å²) in [6, 6.07) is 11.3. The second-order valence-corrected chi connectivity index (χ2v) is 6.64. The Balaban J connectivity index is 1.53. The van der Waals surface area contributed by atoms with Gasteiger partial charge in [-0.3, -0.25) is 9.88 Å². The molecule has 128 valence electrons. The van der Waals surface area contributed by atoms with Gasteiger partial charge in [-0.15, -0.1) is 0 Å². The maximum Gasteiger partial charge on any atom is 0.140 e. The highest BCUT2D eigenvalue weighted by Gasteiger charge is 2.27. The SMILES string of the molecule is Cc1cnc(-c2ccncc2)n1C1CCN(Cc2cccc(F)c2)C1. The van der Waals surface area contributed by atoms with E-state index < -0.39 is 0 Å². The van der Waals surface area contributed by atoms with Crippen LogP contribution in [0.15, 0.2) is 55.0 Å². The number of hydrogen-bond donors (Lipinski definition) is 0. The van der Waals surface area contributed by atoms with Crippen LogP contribution in [0, 0.1) is 12.7 Å². The van der Waals surface area contributed by atoms with E-state index in [9.17, 15) is 4.39 Å². The normalized spacial score (nSPS) is 17.9. The molecule has 1 fully saturated rings. The fraction of sp³-hybridized carbons (Fsp3) is 0.300. The maximum absolute atomic E-state index is 13.4. The number of halogens is 1. The average molecular weight is 336 g/mol. The largest absolute Gasteiger partial charge is 0.324 e. The molecule has 1 aliphatic rings. The van der Waals surface area contributed by atoms with Gasteiger partial charge in [-0.1, -0.05) is 12.1 Å². The second-order valence-electron chi connectivity index (χ2n) is 6.64. The lowest BCUT2D eigenvalue weighted by Gasteiger charge is -2.19. The summed E-state index contributed by atoms with van der Waals surface area (Å²) >= 11 is 0. The molecule has 3 heterocycles. The van der Waals surface area contributed by atoms with Crippen LogP contribution in [-0.4, -0.2) is 32.5 Å². The van der Waals surface area contributed by atoms with E-state index in [0.29, 0.717) is 6.04 Å². The van der Waals surface area contributed by atoms with Crippen molar-refractivity contribution in [2.75, 3.05) is 13.1 Å². The minimum atomic E-state index is -0.168. The van der Waals surface area contributed by atoms with E-state index in [-0.39, 0.29) is 5.82 Å². The summed E-state index contributed by atoms with van der Waals surface area (Å²) in [5.41, 5.74) is 3.29. The van der Waals surface area contributed by atoms with Crippen LogP contribution in [0.3, 0.4) is 0 Å². The highest BCUT2D eigenvalue weighted by molar-refractivity contribution is 5.55. The van der Waals surface area contributed by atoms with Crippen LogP contribution >= 0.6 is 0 Å². The second kappa shape index (κ2) is 6.76. The van der Waals surface area contributed by atoms with Crippen LogP contribution in [0.1, 0.15) is 23.7 Å². The zero-order chi connectivity index (χ0) is 17.2. The van der Waals surface area contributed by atoms with E-state index in [0.717, 1.165) is 43.0 Å². The summed E-state index contributed by atoms with van der Waals surface area (Å²) in [6.07, 6.45) is 6.61. The number of hydrogen-bond acceptors (Lipinski definition) is 3. The Morgan fingerprint density at radius 3 is 2.84 bits per heavy atom. The van der Waals surface area contributed by atoms with Crippen LogP contribution < -0.4 is 0 Å². The van der Waals surface area contributed by atoms with Gasteiger partial charge in [0.25, 0.3) is 0 Å². The zero-order valence-electron chi connectivity index (χ0n) is 14.3. The number of pyridine rings is 1. The van der Waals surface area contributed by atoms with E-state index in [1.165, 1.54) is 11.8 Å². The average Bonchev–Trinajstić information content (AvgIpc) is 3.22. The molecule has 1 aromatic carbocycles. The van der Waals surface area contributed by atoms with Gasteiger partial charge < -0.3 is 4.57 Å². The standard InChI is InChI=1S/C20H21FN4/c1-15-12-23-20(17-5-8-22-9-6-17)25(15)19-7-10-24(14-19)13-16-3-2-4-18(21)11-16/h2-6,8-9,11-12,19H,7,10,13-14H2,1H3. The van der Waals surface area contributed by atoms with Crippen LogP contribution in [0.4, 0.5) is 4.39 Å². The third-order valence-electron chi connectivity index (χ3n) is 4.83. The maximum atomic E-state index is 13.4. The fourth-order valence-electron chi connectivity index (χ4n) is 3.68. The molecule has 0 spiro atoms. The number of nitrogens with zero attached hydrogens (tertiary/aromatic N) is 4. The molecule has 1 saturated heterocycles. The molecule has 0 N–H and O–H groups in total. The molecular weight excluding hydrogens is 315 g/mol. The molecule has 25 heavy (non-hydrogen) atoms. The van der Waals surface area contributed by atoms with Crippen molar-refractivity contribution in [1.29, 1.82) is 0 Å². The Morgan fingerprint density at radius 1 is 1.20 bits per heavy atom. The van der Waals surface area contributed by atoms with Gasteiger partial charge in [-0.05, 0) is 43.2 Å². The lowest BCUT2D eigenvalue weighted by molar-refractivity contribution is 0.315. The minimum absolute atomic E-state index is 0.168. The Morgan fingerprint density at radius 2 is 2.04 bits per heavy atom. The molecule has 0 amide bonds. The van der Waals surface area contributed by atoms with E-state index in [1.807, 2.05) is 24.4 Å². The lowest BCUT2D eigenvalue weighted by atomic mass is 10.2. The van der Waals surface area contributed by atoms with E-state index >= 15 is 0 Å². The van der Waals surface area contributed by atoms with Crippen LogP contribution in [-0.2, 0) is 6.54 Å². The Hall–Kier alpha value is -2.53. The number of rotatable bonds is 4. The molecule has 3 aromatic rings. The smallest absolute Gasteiger partial charge is 0.140 e. The molecule has 2 aromatic heterocycles. The predicted octanol–water partition coefficient (Wildman–Crippen LogP) is 3.84. The van der Waals surface area contributed by atoms with Gasteiger partial charge in [-0.2, -0.15) is 0 Å². The van der Waals surface area contributed by atoms with Crippen LogP contribution in [0.25, 0.3) is 11.4 Å². The van der Waals surface area contributed by atoms with Crippen molar-refractivity contribution in [2.24, 2.45) is 0 Å². The van der Waals surface area contributed by atoms with Crippen molar-refractivity contribution in [2.45, 2.75) is 25.9 Å². The third kappa shape index (κ3) is 3.33. The van der Waals surface area contributed by atoms with Gasteiger partial charge in [0.1, 0.15) is 11.6 Å². The Bertz CT molecular complexity index is 859. The van der Waals surface area contributed by atoms with Gasteiger partial charge in [0.05, 0.1) is 0 Å². The molecule has 0 bridgehead atoms. The molecule has 4 rings (SSSR count). The lowest BCUT2D eigenvalue weighted by Crippen LogP contribution is -2.22. The predicted molar refractivity (Wildman–Crippen MR) is 95.5 cm³/mol. The molecular formula is C20H21FN4. The van der Waals surface area contributed by atoms with Crippen LogP contribution in [0.2, 0.25) is 0 Å². The Kier molecular flexibility index (Phi) is 4.32. The van der Waals surface area contributed by atoms with Crippen molar-refractivity contribution in [3.05, 3.63) is 72.1 Å². The van der Waals surface area contributed by atoms with Crippen molar-refractivity contribution in [1.82, 2.24) is 19.4 Å². The van der Waals surface area contributed by atoms with Crippen molar-refractivity contribution < 1.29 is 4.39 Å². The van der Waals surface area contributed by atoms with Crippen molar-refractivity contribution in [3.63, 3.8) is 0 Å². The summed E-state index contributed by atoms with van der Waals surface area (Å²) < 4.78 is 15.7. The van der Waals surface area contributed by atoms with Crippen molar-refractivity contribution in [3.8, 4) is 11.4 Å². The van der Waals surface area contributed by atoms with Crippen molar-refractivity contribution >= 4 is 0 Å². The molecule has 1 aliphatic heterocycles. The first-order valence-corrected chi connectivity index (χ1v) is 8.62. The van der Waals surface area contributed by atoms with E-state index in [1.54, 1.807) is 24.5 Å². The summed E-state index contributed by atoms with van der Waals surface area (Å²) in [6.45, 7) is 4.85. The monoisotopic (exact) mass is 336 g/mol. The first-order chi connectivity index (χ1) is 12.2. The molecule has 4 nitrogen and oxygen atoms in total. The number of aromatic nitrogens is 3. The molecule has 0 saturated carbocycles. The zero-order valence-corrected chi connectivity index (χ0v) is 14.3. The summed E-state index contributed by atoms with van der Waals surface area (Å²) in [5, 5.41) is 0. The molecule has 1 unspecified atom stereocenters. The fourth-order valence-corrected chi connectivity index (χ4v) is 3.68. The molecule has 5 heteroatoms. The molecule has 0 aliphatic carbocycles. The summed E-state index contributed by atoms with van der Waals surface area (Å²) in [5.74, 6) is 0.830. The molecule has 0 radical (unpaired) electrons. The van der Waals surface area contributed by atoms with Gasteiger partial charge >= 0.3 is 0 Å². The minimum Gasteiger partial charge on any atom is -0.324 e. The number of benzene rings is 1. The number of imidazole rings is 1. The number of likely N-dealkylation sites (tertiary alicyclic amines) is 1. The van der Waals surface area contributed by atoms with Gasteiger partial charge in [0.15, 0.2) is 0 Å².